The molecule has 0 aliphatic carbocycles. The molecule has 0 bridgehead atoms. The first-order chi connectivity index (χ1) is 12.5. The third-order valence-corrected chi connectivity index (χ3v) is 4.97. The fourth-order valence-corrected chi connectivity index (χ4v) is 3.89. The molecule has 3 rings (SSSR count). The number of benzene rings is 2. The van der Waals surface area contributed by atoms with Crippen LogP contribution in [0, 0.1) is 20.8 Å². The number of aryl methyl sites for hydroxylation is 3. The Balaban J connectivity index is 1.71. The van der Waals surface area contributed by atoms with Crippen LogP contribution in [0.15, 0.2) is 36.4 Å². The Labute approximate surface area is 156 Å². The summed E-state index contributed by atoms with van der Waals surface area (Å²) in [6.07, 6.45) is 2.22. The predicted molar refractivity (Wildman–Crippen MR) is 106 cm³/mol. The molecule has 4 nitrogen and oxygen atoms in total. The summed E-state index contributed by atoms with van der Waals surface area (Å²) < 4.78 is 5.36. The molecule has 138 valence electrons. The molecule has 1 aliphatic heterocycles. The van der Waals surface area contributed by atoms with Crippen molar-refractivity contribution in [2.24, 2.45) is 0 Å². The first-order valence-electron chi connectivity index (χ1n) is 9.23. The van der Waals surface area contributed by atoms with E-state index in [0.717, 1.165) is 30.6 Å². The maximum absolute atomic E-state index is 12.7. The molecule has 2 aromatic carbocycles. The van der Waals surface area contributed by atoms with Crippen LogP contribution in [0.5, 0.6) is 5.75 Å². The molecule has 0 spiro atoms. The molecule has 0 saturated carbocycles. The minimum atomic E-state index is 0.00479. The maximum atomic E-state index is 12.7. The van der Waals surface area contributed by atoms with Crippen molar-refractivity contribution in [2.75, 3.05) is 25.5 Å². The lowest BCUT2D eigenvalue weighted by Gasteiger charge is -2.25. The Morgan fingerprint density at radius 2 is 1.85 bits per heavy atom. The number of hydrogen-bond acceptors (Lipinski definition) is 3. The van der Waals surface area contributed by atoms with Gasteiger partial charge in [-0.2, -0.15) is 0 Å². The van der Waals surface area contributed by atoms with Crippen LogP contribution in [0.3, 0.4) is 0 Å². The molecule has 4 heteroatoms. The molecule has 1 unspecified atom stereocenters. The van der Waals surface area contributed by atoms with Crippen LogP contribution < -0.4 is 10.1 Å². The third kappa shape index (κ3) is 4.25. The number of nitrogens with one attached hydrogen (secondary N) is 1. The van der Waals surface area contributed by atoms with Crippen LogP contribution in [-0.4, -0.2) is 31.0 Å². The van der Waals surface area contributed by atoms with Crippen molar-refractivity contribution in [3.8, 4) is 5.75 Å². The molecule has 1 atom stereocenters. The average Bonchev–Trinajstić information content (AvgIpc) is 3.02. The molecule has 1 heterocycles. The minimum absolute atomic E-state index is 0.00479. The Morgan fingerprint density at radius 3 is 2.54 bits per heavy atom. The predicted octanol–water partition coefficient (Wildman–Crippen LogP) is 4.40. The molecule has 1 aliphatic rings. The van der Waals surface area contributed by atoms with Crippen molar-refractivity contribution < 1.29 is 9.53 Å². The highest BCUT2D eigenvalue weighted by atomic mass is 16.5. The van der Waals surface area contributed by atoms with Crippen molar-refractivity contribution in [2.45, 2.75) is 39.7 Å². The molecule has 26 heavy (non-hydrogen) atoms. The van der Waals surface area contributed by atoms with E-state index in [1.54, 1.807) is 7.11 Å². The van der Waals surface area contributed by atoms with Crippen LogP contribution in [0.1, 0.15) is 41.1 Å². The van der Waals surface area contributed by atoms with Crippen LogP contribution in [0.4, 0.5) is 5.69 Å². The molecule has 0 aromatic heterocycles. The van der Waals surface area contributed by atoms with E-state index >= 15 is 0 Å². The molecular formula is C22H28N2O2. The van der Waals surface area contributed by atoms with E-state index in [2.05, 4.69) is 42.3 Å². The molecule has 1 saturated heterocycles. The summed E-state index contributed by atoms with van der Waals surface area (Å²) >= 11 is 0. The zero-order chi connectivity index (χ0) is 18.7. The van der Waals surface area contributed by atoms with Gasteiger partial charge in [-0.1, -0.05) is 35.4 Å². The lowest BCUT2D eigenvalue weighted by atomic mass is 9.99. The van der Waals surface area contributed by atoms with Crippen LogP contribution in [-0.2, 0) is 4.79 Å². The topological polar surface area (TPSA) is 41.6 Å². The molecule has 1 fully saturated rings. The number of ether oxygens (including phenoxy) is 1. The first-order valence-corrected chi connectivity index (χ1v) is 9.23. The van der Waals surface area contributed by atoms with Gasteiger partial charge in [-0.15, -0.1) is 0 Å². The second-order valence-electron chi connectivity index (χ2n) is 7.30. The number of carbonyl (C=O) groups excluding carboxylic acids is 1. The largest absolute Gasteiger partial charge is 0.495 e. The molecular weight excluding hydrogens is 324 g/mol. The van der Waals surface area contributed by atoms with Gasteiger partial charge < -0.3 is 10.1 Å². The van der Waals surface area contributed by atoms with E-state index in [9.17, 15) is 4.79 Å². The number of carbonyl (C=O) groups is 1. The third-order valence-electron chi connectivity index (χ3n) is 4.97. The summed E-state index contributed by atoms with van der Waals surface area (Å²) in [5.41, 5.74) is 5.71. The van der Waals surface area contributed by atoms with E-state index in [1.165, 1.54) is 16.7 Å². The average molecular weight is 352 g/mol. The summed E-state index contributed by atoms with van der Waals surface area (Å²) in [7, 11) is 1.62. The van der Waals surface area contributed by atoms with Gasteiger partial charge in [-0.05, 0) is 63.4 Å². The highest BCUT2D eigenvalue weighted by Crippen LogP contribution is 2.33. The Kier molecular flexibility index (Phi) is 5.62. The highest BCUT2D eigenvalue weighted by Gasteiger charge is 2.28. The summed E-state index contributed by atoms with van der Waals surface area (Å²) in [5, 5.41) is 3.02. The van der Waals surface area contributed by atoms with Gasteiger partial charge in [0.1, 0.15) is 5.75 Å². The highest BCUT2D eigenvalue weighted by molar-refractivity contribution is 5.93. The fraction of sp³-hybridized carbons (Fsp3) is 0.409. The molecule has 1 N–H and O–H groups in total. The Bertz CT molecular complexity index is 780. The summed E-state index contributed by atoms with van der Waals surface area (Å²) in [4.78, 5) is 14.9. The quantitative estimate of drug-likeness (QED) is 0.867. The second-order valence-corrected chi connectivity index (χ2v) is 7.30. The maximum Gasteiger partial charge on any atom is 0.238 e. The van der Waals surface area contributed by atoms with E-state index in [-0.39, 0.29) is 5.91 Å². The van der Waals surface area contributed by atoms with Crippen molar-refractivity contribution in [1.29, 1.82) is 0 Å². The molecule has 1 amide bonds. The van der Waals surface area contributed by atoms with Gasteiger partial charge in [0, 0.05) is 6.04 Å². The van der Waals surface area contributed by atoms with Gasteiger partial charge in [0.15, 0.2) is 0 Å². The van der Waals surface area contributed by atoms with Gasteiger partial charge in [0.25, 0.3) is 0 Å². The van der Waals surface area contributed by atoms with Gasteiger partial charge >= 0.3 is 0 Å². The fourth-order valence-electron chi connectivity index (χ4n) is 3.89. The monoisotopic (exact) mass is 352 g/mol. The van der Waals surface area contributed by atoms with Gasteiger partial charge in [-0.25, -0.2) is 0 Å². The van der Waals surface area contributed by atoms with E-state index in [4.69, 9.17) is 4.74 Å². The molecule has 0 radical (unpaired) electrons. The lowest BCUT2D eigenvalue weighted by molar-refractivity contribution is -0.117. The smallest absolute Gasteiger partial charge is 0.238 e. The van der Waals surface area contributed by atoms with Crippen molar-refractivity contribution in [3.05, 3.63) is 58.7 Å². The van der Waals surface area contributed by atoms with Crippen molar-refractivity contribution in [1.82, 2.24) is 4.90 Å². The Morgan fingerprint density at radius 1 is 1.12 bits per heavy atom. The number of nitrogens with zero attached hydrogens (tertiary/aromatic N) is 1. The standard InChI is InChI=1S/C22H28N2O2/c1-15-7-8-21(26-4)19(13-15)23-22(25)14-24-9-5-6-20(24)18-11-16(2)10-17(3)12-18/h7-8,10-13,20H,5-6,9,14H2,1-4H3,(H,23,25). The number of hydrogen-bond donors (Lipinski definition) is 1. The number of amides is 1. The summed E-state index contributed by atoms with van der Waals surface area (Å²) in [6.45, 7) is 7.62. The minimum Gasteiger partial charge on any atom is -0.495 e. The van der Waals surface area contributed by atoms with Crippen LogP contribution in [0.25, 0.3) is 0 Å². The van der Waals surface area contributed by atoms with E-state index < -0.39 is 0 Å². The van der Waals surface area contributed by atoms with E-state index in [1.807, 2.05) is 25.1 Å². The van der Waals surface area contributed by atoms with Crippen molar-refractivity contribution in [3.63, 3.8) is 0 Å². The summed E-state index contributed by atoms with van der Waals surface area (Å²) in [6, 6.07) is 12.8. The number of methoxy groups -OCH3 is 1. The zero-order valence-corrected chi connectivity index (χ0v) is 16.1. The van der Waals surface area contributed by atoms with Crippen molar-refractivity contribution >= 4 is 11.6 Å². The van der Waals surface area contributed by atoms with Gasteiger partial charge in [0.05, 0.1) is 19.3 Å². The first kappa shape index (κ1) is 18.5. The lowest BCUT2D eigenvalue weighted by Crippen LogP contribution is -2.33. The number of anilines is 1. The van der Waals surface area contributed by atoms with E-state index in [0.29, 0.717) is 18.3 Å². The van der Waals surface area contributed by atoms with Gasteiger partial charge in [0.2, 0.25) is 5.91 Å². The zero-order valence-electron chi connectivity index (χ0n) is 16.1. The number of likely N-dealkylation sites (tertiary alicyclic amines) is 1. The number of rotatable bonds is 5. The van der Waals surface area contributed by atoms with Crippen LogP contribution in [0.2, 0.25) is 0 Å². The SMILES string of the molecule is COc1ccc(C)cc1NC(=O)CN1CCCC1c1cc(C)cc(C)c1. The molecule has 2 aromatic rings. The van der Waals surface area contributed by atoms with Gasteiger partial charge in [-0.3, -0.25) is 9.69 Å². The Hall–Kier alpha value is -2.33. The van der Waals surface area contributed by atoms with Crippen LogP contribution >= 0.6 is 0 Å². The normalized spacial score (nSPS) is 17.3. The summed E-state index contributed by atoms with van der Waals surface area (Å²) in [5.74, 6) is 0.696. The second kappa shape index (κ2) is 7.92.